The first-order chi connectivity index (χ1) is 18.9. The van der Waals surface area contributed by atoms with Gasteiger partial charge in [0.1, 0.15) is 24.7 Å². The number of nitrogens with zero attached hydrogens (tertiary/aromatic N) is 2. The van der Waals surface area contributed by atoms with E-state index in [9.17, 15) is 13.2 Å². The fraction of sp³-hybridized carbons (Fsp3) is 0.133. The number of rotatable bonds is 11. The molecule has 0 aliphatic heterocycles. The molecule has 0 saturated heterocycles. The lowest BCUT2D eigenvalue weighted by Crippen LogP contribution is -2.39. The maximum atomic E-state index is 13.5. The third-order valence-corrected chi connectivity index (χ3v) is 7.56. The van der Waals surface area contributed by atoms with Gasteiger partial charge < -0.3 is 9.47 Å². The molecule has 8 nitrogen and oxygen atoms in total. The van der Waals surface area contributed by atoms with Crippen molar-refractivity contribution in [2.24, 2.45) is 5.10 Å². The summed E-state index contributed by atoms with van der Waals surface area (Å²) >= 11 is 0. The topological polar surface area (TPSA) is 97.3 Å². The van der Waals surface area contributed by atoms with Crippen LogP contribution in [0.2, 0.25) is 0 Å². The highest BCUT2D eigenvalue weighted by molar-refractivity contribution is 7.92. The van der Waals surface area contributed by atoms with E-state index in [1.54, 1.807) is 54.6 Å². The Labute approximate surface area is 228 Å². The van der Waals surface area contributed by atoms with Gasteiger partial charge in [0, 0.05) is 0 Å². The summed E-state index contributed by atoms with van der Waals surface area (Å²) in [4.78, 5) is 12.9. The van der Waals surface area contributed by atoms with Crippen LogP contribution in [-0.2, 0) is 21.4 Å². The lowest BCUT2D eigenvalue weighted by atomic mass is 10.2. The second-order valence-electron chi connectivity index (χ2n) is 8.63. The Bertz CT molecular complexity index is 1520. The number of anilines is 1. The molecule has 9 heteroatoms. The molecule has 0 heterocycles. The van der Waals surface area contributed by atoms with Gasteiger partial charge in [-0.05, 0) is 66.6 Å². The molecule has 4 aromatic rings. The number of sulfonamides is 1. The molecule has 200 valence electrons. The third kappa shape index (κ3) is 7.24. The highest BCUT2D eigenvalue weighted by Gasteiger charge is 2.29. The number of para-hydroxylation sites is 2. The molecular formula is C30H29N3O5S. The van der Waals surface area contributed by atoms with Crippen LogP contribution in [0.5, 0.6) is 11.5 Å². The van der Waals surface area contributed by atoms with E-state index in [0.29, 0.717) is 18.1 Å². The monoisotopic (exact) mass is 543 g/mol. The van der Waals surface area contributed by atoms with Gasteiger partial charge in [0.05, 0.1) is 23.9 Å². The smallest absolute Gasteiger partial charge is 0.264 e. The Morgan fingerprint density at radius 3 is 2.26 bits per heavy atom. The van der Waals surface area contributed by atoms with Crippen LogP contribution in [0.15, 0.2) is 113 Å². The molecular weight excluding hydrogens is 514 g/mol. The molecule has 0 bridgehead atoms. The number of amides is 1. The van der Waals surface area contributed by atoms with Crippen molar-refractivity contribution in [2.75, 3.05) is 18.0 Å². The van der Waals surface area contributed by atoms with E-state index in [2.05, 4.69) is 10.5 Å². The standard InChI is InChI=1S/C30H29N3O5S/c1-23-12-14-25(15-13-23)22-38-26-18-16-24(17-19-26)20-31-32-30(34)21-33(28-10-6-7-11-29(28)37-2)39(35,36)27-8-4-3-5-9-27/h3-20H,21-22H2,1-2H3,(H,32,34)/b31-20-. The maximum absolute atomic E-state index is 13.5. The van der Waals surface area contributed by atoms with Crippen molar-refractivity contribution in [2.45, 2.75) is 18.4 Å². The van der Waals surface area contributed by atoms with Crippen molar-refractivity contribution >= 4 is 27.8 Å². The average Bonchev–Trinajstić information content (AvgIpc) is 2.96. The van der Waals surface area contributed by atoms with Crippen LogP contribution >= 0.6 is 0 Å². The van der Waals surface area contributed by atoms with E-state index in [1.807, 2.05) is 43.3 Å². The molecule has 0 fully saturated rings. The number of carbonyl (C=O) groups is 1. The zero-order valence-electron chi connectivity index (χ0n) is 21.7. The van der Waals surface area contributed by atoms with E-state index in [-0.39, 0.29) is 10.6 Å². The molecule has 0 aliphatic rings. The zero-order chi connectivity index (χ0) is 27.7. The fourth-order valence-corrected chi connectivity index (χ4v) is 5.15. The summed E-state index contributed by atoms with van der Waals surface area (Å²) in [5.74, 6) is 0.406. The predicted molar refractivity (Wildman–Crippen MR) is 152 cm³/mol. The molecule has 0 radical (unpaired) electrons. The van der Waals surface area contributed by atoms with Gasteiger partial charge >= 0.3 is 0 Å². The molecule has 4 rings (SSSR count). The summed E-state index contributed by atoms with van der Waals surface area (Å²) in [5.41, 5.74) is 5.65. The number of ether oxygens (including phenoxy) is 2. The van der Waals surface area contributed by atoms with Crippen molar-refractivity contribution in [3.63, 3.8) is 0 Å². The Morgan fingerprint density at radius 2 is 1.56 bits per heavy atom. The molecule has 0 spiro atoms. The first kappa shape index (κ1) is 27.4. The van der Waals surface area contributed by atoms with Crippen molar-refractivity contribution in [1.82, 2.24) is 5.43 Å². The minimum atomic E-state index is -4.06. The van der Waals surface area contributed by atoms with Gasteiger partial charge in [-0.2, -0.15) is 5.10 Å². The number of carbonyl (C=O) groups excluding carboxylic acids is 1. The summed E-state index contributed by atoms with van der Waals surface area (Å²) in [6.45, 7) is 2.00. The molecule has 4 aromatic carbocycles. The second-order valence-corrected chi connectivity index (χ2v) is 10.5. The summed E-state index contributed by atoms with van der Waals surface area (Å²) in [6.07, 6.45) is 1.47. The summed E-state index contributed by atoms with van der Waals surface area (Å²) in [6, 6.07) is 29.9. The average molecular weight is 544 g/mol. The highest BCUT2D eigenvalue weighted by atomic mass is 32.2. The van der Waals surface area contributed by atoms with Crippen molar-refractivity contribution in [3.8, 4) is 11.5 Å². The van der Waals surface area contributed by atoms with Crippen LogP contribution in [0, 0.1) is 6.92 Å². The third-order valence-electron chi connectivity index (χ3n) is 5.78. The van der Waals surface area contributed by atoms with Gasteiger partial charge in [0.25, 0.3) is 15.9 Å². The van der Waals surface area contributed by atoms with Crippen LogP contribution in [-0.4, -0.2) is 34.2 Å². The Hall–Kier alpha value is -4.63. The number of hydrazone groups is 1. The molecule has 0 aromatic heterocycles. The van der Waals surface area contributed by atoms with Crippen LogP contribution in [0.4, 0.5) is 5.69 Å². The minimum absolute atomic E-state index is 0.0527. The Morgan fingerprint density at radius 1 is 0.897 bits per heavy atom. The van der Waals surface area contributed by atoms with Crippen molar-refractivity contribution in [1.29, 1.82) is 0 Å². The SMILES string of the molecule is COc1ccccc1N(CC(=O)N/N=C\c1ccc(OCc2ccc(C)cc2)cc1)S(=O)(=O)c1ccccc1. The summed E-state index contributed by atoms with van der Waals surface area (Å²) < 4.78 is 39.1. The first-order valence-electron chi connectivity index (χ1n) is 12.2. The number of methoxy groups -OCH3 is 1. The highest BCUT2D eigenvalue weighted by Crippen LogP contribution is 2.32. The second kappa shape index (κ2) is 12.7. The fourth-order valence-electron chi connectivity index (χ4n) is 3.70. The number of hydrogen-bond donors (Lipinski definition) is 1. The van der Waals surface area contributed by atoms with Gasteiger partial charge in [0.2, 0.25) is 0 Å². The first-order valence-corrected chi connectivity index (χ1v) is 13.6. The van der Waals surface area contributed by atoms with Crippen LogP contribution < -0.4 is 19.2 Å². The maximum Gasteiger partial charge on any atom is 0.264 e. The van der Waals surface area contributed by atoms with E-state index in [0.717, 1.165) is 15.4 Å². The predicted octanol–water partition coefficient (Wildman–Crippen LogP) is 4.93. The van der Waals surface area contributed by atoms with E-state index >= 15 is 0 Å². The van der Waals surface area contributed by atoms with Gasteiger partial charge in [-0.25, -0.2) is 13.8 Å². The molecule has 0 atom stereocenters. The molecule has 0 saturated carbocycles. The zero-order valence-corrected chi connectivity index (χ0v) is 22.5. The Balaban J connectivity index is 1.41. The molecule has 1 amide bonds. The van der Waals surface area contributed by atoms with Gasteiger partial charge in [-0.3, -0.25) is 9.10 Å². The Kier molecular flexibility index (Phi) is 8.96. The van der Waals surface area contributed by atoms with E-state index in [4.69, 9.17) is 9.47 Å². The largest absolute Gasteiger partial charge is 0.495 e. The summed E-state index contributed by atoms with van der Waals surface area (Å²) in [5, 5.41) is 4.00. The van der Waals surface area contributed by atoms with E-state index < -0.39 is 22.5 Å². The van der Waals surface area contributed by atoms with E-state index in [1.165, 1.54) is 31.0 Å². The van der Waals surface area contributed by atoms with Crippen LogP contribution in [0.1, 0.15) is 16.7 Å². The van der Waals surface area contributed by atoms with Gasteiger partial charge in [-0.1, -0.05) is 60.2 Å². The van der Waals surface area contributed by atoms with Gasteiger partial charge in [0.15, 0.2) is 0 Å². The number of benzene rings is 4. The lowest BCUT2D eigenvalue weighted by molar-refractivity contribution is -0.119. The quantitative estimate of drug-likeness (QED) is 0.214. The van der Waals surface area contributed by atoms with Crippen LogP contribution in [0.3, 0.4) is 0 Å². The molecule has 0 unspecified atom stereocenters. The van der Waals surface area contributed by atoms with Crippen molar-refractivity contribution in [3.05, 3.63) is 120 Å². The molecule has 1 N–H and O–H groups in total. The minimum Gasteiger partial charge on any atom is -0.495 e. The summed E-state index contributed by atoms with van der Waals surface area (Å²) in [7, 11) is -2.63. The van der Waals surface area contributed by atoms with Gasteiger partial charge in [-0.15, -0.1) is 0 Å². The molecule has 39 heavy (non-hydrogen) atoms. The lowest BCUT2D eigenvalue weighted by Gasteiger charge is -2.25. The normalized spacial score (nSPS) is 11.2. The number of hydrogen-bond acceptors (Lipinski definition) is 6. The number of nitrogens with one attached hydrogen (secondary N) is 1. The molecule has 0 aliphatic carbocycles. The van der Waals surface area contributed by atoms with Crippen molar-refractivity contribution < 1.29 is 22.7 Å². The van der Waals surface area contributed by atoms with Crippen LogP contribution in [0.25, 0.3) is 0 Å². The number of aryl methyl sites for hydroxylation is 1.